The van der Waals surface area contributed by atoms with Crippen molar-refractivity contribution in [2.24, 2.45) is 0 Å². The summed E-state index contributed by atoms with van der Waals surface area (Å²) in [6.45, 7) is 4.32. The van der Waals surface area contributed by atoms with Crippen LogP contribution in [0, 0.1) is 0 Å². The predicted octanol–water partition coefficient (Wildman–Crippen LogP) is 23.5. The SMILES string of the molecule is CC/C=C\C/C=C\C/C=C\C/C=C\C/C=C\C/C=C\CCCCCCCCC(=O)OC(COC(=O)CCCCCCCCCCCCCCCCCCCCCCCCCCC/C=C\C/C=C\CCCCCCC)COP(=O)(O)OCC[N+](C)(C)C. The number of phosphoric ester groups is 1. The molecule has 0 heterocycles. The van der Waals surface area contributed by atoms with E-state index in [9.17, 15) is 19.0 Å². The van der Waals surface area contributed by atoms with E-state index in [0.717, 1.165) is 103 Å². The highest BCUT2D eigenvalue weighted by atomic mass is 31.2. The maximum absolute atomic E-state index is 12.9. The molecule has 0 rings (SSSR count). The summed E-state index contributed by atoms with van der Waals surface area (Å²) in [7, 11) is 1.47. The van der Waals surface area contributed by atoms with Crippen molar-refractivity contribution in [1.29, 1.82) is 0 Å². The summed E-state index contributed by atoms with van der Waals surface area (Å²) in [5, 5.41) is 0. The van der Waals surface area contributed by atoms with Crippen LogP contribution in [0.3, 0.4) is 0 Å². The Morgan fingerprint density at radius 2 is 0.663 bits per heavy atom. The number of rotatable bonds is 66. The molecular weight excluding hydrogens is 1090 g/mol. The summed E-state index contributed by atoms with van der Waals surface area (Å²) in [6, 6.07) is 0. The third-order valence-corrected chi connectivity index (χ3v) is 16.6. The van der Waals surface area contributed by atoms with Gasteiger partial charge in [0.15, 0.2) is 6.10 Å². The van der Waals surface area contributed by atoms with Crippen LogP contribution in [-0.2, 0) is 32.7 Å². The van der Waals surface area contributed by atoms with E-state index < -0.39 is 26.5 Å². The minimum Gasteiger partial charge on any atom is -0.462 e. The van der Waals surface area contributed by atoms with Gasteiger partial charge in [-0.2, -0.15) is 0 Å². The molecule has 0 fully saturated rings. The molecule has 0 aliphatic rings. The molecule has 1 N–H and O–H groups in total. The van der Waals surface area contributed by atoms with Crippen LogP contribution in [0.15, 0.2) is 97.2 Å². The maximum atomic E-state index is 12.9. The minimum atomic E-state index is -4.40. The van der Waals surface area contributed by atoms with Gasteiger partial charge in [0.05, 0.1) is 27.7 Å². The summed E-state index contributed by atoms with van der Waals surface area (Å²) in [5.41, 5.74) is 0. The Kier molecular flexibility index (Phi) is 64.0. The maximum Gasteiger partial charge on any atom is 0.472 e. The van der Waals surface area contributed by atoms with Crippen LogP contribution < -0.4 is 0 Å². The molecule has 0 spiro atoms. The molecule has 0 saturated heterocycles. The zero-order chi connectivity index (χ0) is 62.6. The number of unbranched alkanes of at least 4 members (excludes halogenated alkanes) is 36. The van der Waals surface area contributed by atoms with E-state index in [-0.39, 0.29) is 32.0 Å². The number of ether oxygens (including phenoxy) is 2. The highest BCUT2D eigenvalue weighted by Gasteiger charge is 2.27. The summed E-state index contributed by atoms with van der Waals surface area (Å²) >= 11 is 0. The molecular formula is C76H137NO8P+. The fraction of sp³-hybridized carbons (Fsp3) is 0.763. The molecule has 2 atom stereocenters. The van der Waals surface area contributed by atoms with Crippen LogP contribution >= 0.6 is 7.82 Å². The summed E-state index contributed by atoms with van der Waals surface area (Å²) in [6.07, 6.45) is 92.4. The van der Waals surface area contributed by atoms with Crippen molar-refractivity contribution in [3.8, 4) is 0 Å². The lowest BCUT2D eigenvalue weighted by Gasteiger charge is -2.24. The van der Waals surface area contributed by atoms with Crippen LogP contribution in [0.1, 0.15) is 322 Å². The Hall–Kier alpha value is -3.07. The topological polar surface area (TPSA) is 108 Å². The smallest absolute Gasteiger partial charge is 0.462 e. The van der Waals surface area contributed by atoms with Crippen molar-refractivity contribution in [3.05, 3.63) is 97.2 Å². The monoisotopic (exact) mass is 1220 g/mol. The zero-order valence-electron chi connectivity index (χ0n) is 56.8. The van der Waals surface area contributed by atoms with Crippen molar-refractivity contribution in [3.63, 3.8) is 0 Å². The average Bonchev–Trinajstić information content (AvgIpc) is 3.70. The molecule has 0 radical (unpaired) electrons. The van der Waals surface area contributed by atoms with Gasteiger partial charge >= 0.3 is 19.8 Å². The van der Waals surface area contributed by atoms with Gasteiger partial charge in [0, 0.05) is 12.8 Å². The van der Waals surface area contributed by atoms with Gasteiger partial charge in [0.1, 0.15) is 19.8 Å². The molecule has 498 valence electrons. The van der Waals surface area contributed by atoms with Gasteiger partial charge < -0.3 is 18.9 Å². The number of likely N-dealkylation sites (N-methyl/N-ethyl adjacent to an activating group) is 1. The molecule has 0 amide bonds. The van der Waals surface area contributed by atoms with Crippen LogP contribution in [0.2, 0.25) is 0 Å². The Balaban J connectivity index is 4.00. The lowest BCUT2D eigenvalue weighted by Crippen LogP contribution is -2.37. The molecule has 86 heavy (non-hydrogen) atoms. The van der Waals surface area contributed by atoms with Crippen molar-refractivity contribution in [2.45, 2.75) is 328 Å². The second-order valence-electron chi connectivity index (χ2n) is 25.2. The Labute approximate surface area is 532 Å². The van der Waals surface area contributed by atoms with E-state index >= 15 is 0 Å². The molecule has 2 unspecified atom stereocenters. The largest absolute Gasteiger partial charge is 0.472 e. The molecule has 0 aromatic heterocycles. The van der Waals surface area contributed by atoms with E-state index in [1.54, 1.807) is 0 Å². The Morgan fingerprint density at radius 1 is 0.372 bits per heavy atom. The fourth-order valence-corrected chi connectivity index (χ4v) is 10.9. The summed E-state index contributed by atoms with van der Waals surface area (Å²) in [5.74, 6) is -0.807. The van der Waals surface area contributed by atoms with Gasteiger partial charge in [0.25, 0.3) is 0 Å². The number of allylic oxidation sites excluding steroid dienone is 16. The standard InChI is InChI=1S/C76H136NO8P/c1-6-8-10-12-14-16-18-20-22-24-26-28-30-32-33-34-35-36-37-38-39-40-41-42-43-45-46-48-50-52-54-56-58-60-62-64-66-68-75(78)82-72-74(73-84-86(80,81)83-71-70-77(3,4)5)85-76(79)69-67-65-63-61-59-57-55-53-51-49-47-44-31-29-27-25-23-21-19-17-15-13-11-9-7-2/h9,11,15,17-18,20-21,23-24,26-27,29,44,47,51,53,74H,6-8,10,12-14,16,19,22,25,28,30-43,45-46,48-50,52,54-73H2,1-5H3/p+1/b11-9-,17-15-,20-18-,23-21-,26-24-,29-27-,47-44-,53-51-. The fourth-order valence-electron chi connectivity index (χ4n) is 10.1. The number of quaternary nitrogens is 1. The first-order valence-electron chi connectivity index (χ1n) is 36.0. The van der Waals surface area contributed by atoms with E-state index in [1.165, 1.54) is 186 Å². The number of hydrogen-bond donors (Lipinski definition) is 1. The second-order valence-corrected chi connectivity index (χ2v) is 26.7. The molecule has 0 saturated carbocycles. The zero-order valence-corrected chi connectivity index (χ0v) is 57.7. The highest BCUT2D eigenvalue weighted by Crippen LogP contribution is 2.43. The third-order valence-electron chi connectivity index (χ3n) is 15.6. The summed E-state index contributed by atoms with van der Waals surface area (Å²) < 4.78 is 34.7. The number of phosphoric acid groups is 1. The first-order chi connectivity index (χ1) is 42.0. The highest BCUT2D eigenvalue weighted by molar-refractivity contribution is 7.47. The molecule has 0 aliphatic carbocycles. The summed E-state index contributed by atoms with van der Waals surface area (Å²) in [4.78, 5) is 35.9. The minimum absolute atomic E-state index is 0.0255. The number of esters is 2. The third kappa shape index (κ3) is 70.0. The van der Waals surface area contributed by atoms with Gasteiger partial charge in [-0.1, -0.05) is 310 Å². The molecule has 0 aliphatic heterocycles. The van der Waals surface area contributed by atoms with Gasteiger partial charge in [-0.25, -0.2) is 4.57 Å². The molecule has 10 heteroatoms. The van der Waals surface area contributed by atoms with E-state index in [4.69, 9.17) is 18.5 Å². The van der Waals surface area contributed by atoms with E-state index in [1.807, 2.05) is 21.1 Å². The Bertz CT molecular complexity index is 1770. The van der Waals surface area contributed by atoms with Crippen molar-refractivity contribution >= 4 is 19.8 Å². The van der Waals surface area contributed by atoms with Gasteiger partial charge in [-0.05, 0) is 96.3 Å². The quantitative estimate of drug-likeness (QED) is 0.0211. The first kappa shape index (κ1) is 82.9. The van der Waals surface area contributed by atoms with Crippen LogP contribution in [0.25, 0.3) is 0 Å². The lowest BCUT2D eigenvalue weighted by molar-refractivity contribution is -0.870. The predicted molar refractivity (Wildman–Crippen MR) is 372 cm³/mol. The average molecular weight is 1220 g/mol. The van der Waals surface area contributed by atoms with Gasteiger partial charge in [0.2, 0.25) is 0 Å². The molecule has 0 aromatic rings. The van der Waals surface area contributed by atoms with Crippen LogP contribution in [-0.4, -0.2) is 74.9 Å². The van der Waals surface area contributed by atoms with Crippen LogP contribution in [0.4, 0.5) is 0 Å². The number of nitrogens with zero attached hydrogens (tertiary/aromatic N) is 1. The molecule has 0 aromatic carbocycles. The van der Waals surface area contributed by atoms with Crippen molar-refractivity contribution in [1.82, 2.24) is 0 Å². The Morgan fingerprint density at radius 3 is 0.988 bits per heavy atom. The number of carbonyl (C=O) groups is 2. The van der Waals surface area contributed by atoms with Gasteiger partial charge in [-0.3, -0.25) is 18.6 Å². The van der Waals surface area contributed by atoms with Crippen LogP contribution in [0.5, 0.6) is 0 Å². The van der Waals surface area contributed by atoms with Crippen molar-refractivity contribution < 1.29 is 42.1 Å². The molecule has 9 nitrogen and oxygen atoms in total. The normalized spacial score (nSPS) is 13.7. The second kappa shape index (κ2) is 66.4. The van der Waals surface area contributed by atoms with Gasteiger partial charge in [-0.15, -0.1) is 0 Å². The number of carbonyl (C=O) groups excluding carboxylic acids is 2. The van der Waals surface area contributed by atoms with Crippen molar-refractivity contribution in [2.75, 3.05) is 47.5 Å². The van der Waals surface area contributed by atoms with E-state index in [0.29, 0.717) is 17.4 Å². The molecule has 0 bridgehead atoms. The lowest BCUT2D eigenvalue weighted by atomic mass is 10.0. The number of hydrogen-bond acceptors (Lipinski definition) is 7. The first-order valence-corrected chi connectivity index (χ1v) is 37.5. The van der Waals surface area contributed by atoms with E-state index in [2.05, 4.69) is 111 Å².